The van der Waals surface area contributed by atoms with Gasteiger partial charge < -0.3 is 5.11 Å². The molecule has 0 unspecified atom stereocenters. The maximum atomic E-state index is 13.4. The summed E-state index contributed by atoms with van der Waals surface area (Å²) >= 11 is 5.65. The molecule has 1 N–H and O–H groups in total. The highest BCUT2D eigenvalue weighted by Gasteiger charge is 2.47. The van der Waals surface area contributed by atoms with Crippen molar-refractivity contribution in [2.24, 2.45) is 0 Å². The number of hydrogen-bond donors (Lipinski definition) is 1. The van der Waals surface area contributed by atoms with Gasteiger partial charge in [-0.05, 0) is 18.9 Å². The minimum atomic E-state index is -0.707. The van der Waals surface area contributed by atoms with Crippen molar-refractivity contribution in [3.8, 4) is 11.8 Å². The lowest BCUT2D eigenvalue weighted by Gasteiger charge is -2.08. The average molecular weight is 212 g/mol. The molecule has 1 aliphatic rings. The van der Waals surface area contributed by atoms with E-state index in [2.05, 4.69) is 6.07 Å². The molecule has 0 aliphatic heterocycles. The van der Waals surface area contributed by atoms with Crippen LogP contribution in [0.3, 0.4) is 0 Å². The molecule has 4 heteroatoms. The van der Waals surface area contributed by atoms with Crippen LogP contribution in [0.1, 0.15) is 18.4 Å². The highest BCUT2D eigenvalue weighted by Crippen LogP contribution is 2.49. The molecule has 14 heavy (non-hydrogen) atoms. The van der Waals surface area contributed by atoms with Crippen LogP contribution >= 0.6 is 11.6 Å². The third-order valence-corrected chi connectivity index (χ3v) is 2.82. The summed E-state index contributed by atoms with van der Waals surface area (Å²) < 4.78 is 13.4. The van der Waals surface area contributed by atoms with E-state index in [-0.39, 0.29) is 10.8 Å². The standard InChI is InChI=1S/C10H7ClFNO/c11-7-3-6(8(12)4-9(7)14)10(5-13)1-2-10/h3-4,14H,1-2H2. The van der Waals surface area contributed by atoms with Gasteiger partial charge in [-0.15, -0.1) is 0 Å². The molecule has 1 aliphatic carbocycles. The molecule has 0 radical (unpaired) electrons. The van der Waals surface area contributed by atoms with E-state index in [0.29, 0.717) is 18.4 Å². The largest absolute Gasteiger partial charge is 0.506 e. The molecule has 1 fully saturated rings. The Morgan fingerprint density at radius 3 is 2.64 bits per heavy atom. The first-order valence-corrected chi connectivity index (χ1v) is 4.56. The van der Waals surface area contributed by atoms with E-state index in [4.69, 9.17) is 22.0 Å². The molecule has 1 aromatic carbocycles. The molecule has 2 nitrogen and oxygen atoms in total. The molecule has 0 atom stereocenters. The van der Waals surface area contributed by atoms with Crippen molar-refractivity contribution in [1.82, 2.24) is 0 Å². The Bertz CT molecular complexity index is 434. The Morgan fingerprint density at radius 1 is 1.50 bits per heavy atom. The minimum absolute atomic E-state index is 0.0860. The van der Waals surface area contributed by atoms with E-state index >= 15 is 0 Å². The van der Waals surface area contributed by atoms with Crippen molar-refractivity contribution in [3.63, 3.8) is 0 Å². The predicted octanol–water partition coefficient (Wildman–Crippen LogP) is 2.74. The minimum Gasteiger partial charge on any atom is -0.506 e. The van der Waals surface area contributed by atoms with Crippen LogP contribution < -0.4 is 0 Å². The summed E-state index contributed by atoms with van der Waals surface area (Å²) in [7, 11) is 0. The third kappa shape index (κ3) is 1.23. The van der Waals surface area contributed by atoms with E-state index in [0.717, 1.165) is 6.07 Å². The van der Waals surface area contributed by atoms with Crippen LogP contribution in [-0.2, 0) is 5.41 Å². The number of halogens is 2. The van der Waals surface area contributed by atoms with Gasteiger partial charge in [-0.3, -0.25) is 0 Å². The molecule has 0 heterocycles. The first kappa shape index (κ1) is 9.29. The fourth-order valence-corrected chi connectivity index (χ4v) is 1.63. The molecule has 1 saturated carbocycles. The quantitative estimate of drug-likeness (QED) is 0.776. The van der Waals surface area contributed by atoms with Gasteiger partial charge >= 0.3 is 0 Å². The van der Waals surface area contributed by atoms with Crippen molar-refractivity contribution in [2.45, 2.75) is 18.3 Å². The summed E-state index contributed by atoms with van der Waals surface area (Å²) in [5, 5.41) is 18.1. The van der Waals surface area contributed by atoms with Crippen molar-refractivity contribution in [3.05, 3.63) is 28.5 Å². The van der Waals surface area contributed by atoms with Gasteiger partial charge in [-0.1, -0.05) is 11.6 Å². The maximum absolute atomic E-state index is 13.4. The molecule has 2 rings (SSSR count). The molecule has 0 aromatic heterocycles. The van der Waals surface area contributed by atoms with Crippen LogP contribution in [0.4, 0.5) is 4.39 Å². The average Bonchev–Trinajstić information content (AvgIpc) is 2.92. The topological polar surface area (TPSA) is 44.0 Å². The molecule has 0 bridgehead atoms. The summed E-state index contributed by atoms with van der Waals surface area (Å²) in [6.07, 6.45) is 1.31. The highest BCUT2D eigenvalue weighted by molar-refractivity contribution is 6.32. The van der Waals surface area contributed by atoms with E-state index in [9.17, 15) is 4.39 Å². The first-order chi connectivity index (χ1) is 6.59. The van der Waals surface area contributed by atoms with Gasteiger partial charge in [0.05, 0.1) is 16.5 Å². The van der Waals surface area contributed by atoms with Gasteiger partial charge in [0.2, 0.25) is 0 Å². The van der Waals surface area contributed by atoms with Gasteiger partial charge in [0, 0.05) is 11.6 Å². The third-order valence-electron chi connectivity index (χ3n) is 2.52. The molecule has 0 spiro atoms. The zero-order valence-corrected chi connectivity index (χ0v) is 7.98. The summed E-state index contributed by atoms with van der Waals surface area (Å²) in [5.74, 6) is -0.854. The van der Waals surface area contributed by atoms with Crippen LogP contribution in [0.15, 0.2) is 12.1 Å². The van der Waals surface area contributed by atoms with Crippen LogP contribution in [0.5, 0.6) is 5.75 Å². The van der Waals surface area contributed by atoms with Crippen LogP contribution in [0.25, 0.3) is 0 Å². The monoisotopic (exact) mass is 211 g/mol. The lowest BCUT2D eigenvalue weighted by atomic mass is 9.97. The van der Waals surface area contributed by atoms with Gasteiger partial charge in [0.25, 0.3) is 0 Å². The van der Waals surface area contributed by atoms with Gasteiger partial charge in [-0.2, -0.15) is 5.26 Å². The van der Waals surface area contributed by atoms with E-state index in [1.165, 1.54) is 6.07 Å². The van der Waals surface area contributed by atoms with Gasteiger partial charge in [0.1, 0.15) is 11.6 Å². The SMILES string of the molecule is N#CC1(c2cc(Cl)c(O)cc2F)CC1. The number of benzene rings is 1. The Balaban J connectivity index is 2.55. The molecule has 0 amide bonds. The van der Waals surface area contributed by atoms with Crippen LogP contribution in [-0.4, -0.2) is 5.11 Å². The Morgan fingerprint density at radius 2 is 2.14 bits per heavy atom. The second kappa shape index (κ2) is 2.86. The summed E-state index contributed by atoms with van der Waals surface area (Å²) in [4.78, 5) is 0. The van der Waals surface area contributed by atoms with E-state index in [1.807, 2.05) is 0 Å². The number of nitrogens with zero attached hydrogens (tertiary/aromatic N) is 1. The summed E-state index contributed by atoms with van der Waals surface area (Å²) in [6, 6.07) is 4.37. The lowest BCUT2D eigenvalue weighted by Crippen LogP contribution is -2.05. The highest BCUT2D eigenvalue weighted by atomic mass is 35.5. The number of rotatable bonds is 1. The lowest BCUT2D eigenvalue weighted by molar-refractivity contribution is 0.467. The van der Waals surface area contributed by atoms with Gasteiger partial charge in [0.15, 0.2) is 0 Å². The smallest absolute Gasteiger partial charge is 0.137 e. The molecule has 72 valence electrons. The second-order valence-corrected chi connectivity index (χ2v) is 3.88. The zero-order chi connectivity index (χ0) is 10.3. The van der Waals surface area contributed by atoms with Crippen LogP contribution in [0, 0.1) is 17.1 Å². The number of aromatic hydroxyl groups is 1. The fraction of sp³-hybridized carbons (Fsp3) is 0.300. The fourth-order valence-electron chi connectivity index (χ4n) is 1.47. The second-order valence-electron chi connectivity index (χ2n) is 3.48. The Kier molecular flexibility index (Phi) is 1.90. The predicted molar refractivity (Wildman–Crippen MR) is 49.6 cm³/mol. The molecular weight excluding hydrogens is 205 g/mol. The molecule has 0 saturated heterocycles. The molecular formula is C10H7ClFNO. The number of phenols is 1. The summed E-state index contributed by atoms with van der Waals surface area (Å²) in [6.45, 7) is 0. The number of nitriles is 1. The first-order valence-electron chi connectivity index (χ1n) is 4.19. The van der Waals surface area contributed by atoms with E-state index < -0.39 is 11.2 Å². The van der Waals surface area contributed by atoms with Crippen molar-refractivity contribution < 1.29 is 9.50 Å². The van der Waals surface area contributed by atoms with Crippen molar-refractivity contribution in [2.75, 3.05) is 0 Å². The number of phenolic OH excluding ortho intramolecular Hbond substituents is 1. The van der Waals surface area contributed by atoms with Gasteiger partial charge in [-0.25, -0.2) is 4.39 Å². The Labute approximate surface area is 85.5 Å². The van der Waals surface area contributed by atoms with E-state index in [1.54, 1.807) is 0 Å². The number of hydrogen-bond acceptors (Lipinski definition) is 2. The van der Waals surface area contributed by atoms with Crippen LogP contribution in [0.2, 0.25) is 5.02 Å². The maximum Gasteiger partial charge on any atom is 0.137 e. The van der Waals surface area contributed by atoms with Crippen molar-refractivity contribution in [1.29, 1.82) is 5.26 Å². The van der Waals surface area contributed by atoms with Crippen molar-refractivity contribution >= 4 is 11.6 Å². The Hall–Kier alpha value is -1.27. The summed E-state index contributed by atoms with van der Waals surface area (Å²) in [5.41, 5.74) is -0.413. The zero-order valence-electron chi connectivity index (χ0n) is 7.22. The molecule has 1 aromatic rings. The normalized spacial score (nSPS) is 17.5.